The van der Waals surface area contributed by atoms with Crippen molar-refractivity contribution in [2.75, 3.05) is 39.6 Å². The van der Waals surface area contributed by atoms with E-state index in [0.29, 0.717) is 31.6 Å². The highest BCUT2D eigenvalue weighted by molar-refractivity contribution is 7.47. The number of phosphoric acid groups is 2. The van der Waals surface area contributed by atoms with Crippen molar-refractivity contribution in [1.29, 1.82) is 0 Å². The Hall–Kier alpha value is -1.94. The number of esters is 4. The molecule has 2 unspecified atom stereocenters. The normalized spacial score (nSPS) is 13.9. The van der Waals surface area contributed by atoms with Crippen molar-refractivity contribution in [2.45, 2.75) is 465 Å². The standard InChI is InChI=1S/C85H166O17P2/c1-8-9-10-11-12-13-14-15-16-17-18-22-28-33-38-45-52-59-66-82(87)95-72-80(101-84(89)68-61-54-46-39-34-29-23-20-19-21-26-31-36-42-49-56-63-76(2)3)74-99-103(91,92)97-70-79(86)71-98-104(93,94)100-75-81(73-96-83(88)67-60-53-48-41-44-51-58-65-78(6)7)102-85(90)69-62-55-47-40-35-30-25-24-27-32-37-43-50-57-64-77(4)5/h76-81,86H,8-75H2,1-7H3,(H,91,92)(H,93,94)/t79-,80-,81-/m1/s1. The Kier molecular flexibility index (Phi) is 73.7. The predicted octanol–water partition coefficient (Wildman–Crippen LogP) is 25.7. The molecule has 17 nitrogen and oxygen atoms in total. The van der Waals surface area contributed by atoms with Crippen LogP contribution in [-0.4, -0.2) is 96.7 Å². The Morgan fingerprint density at radius 1 is 0.260 bits per heavy atom. The topological polar surface area (TPSA) is 237 Å². The molecule has 0 fully saturated rings. The number of phosphoric ester groups is 2. The highest BCUT2D eigenvalue weighted by Crippen LogP contribution is 2.45. The zero-order chi connectivity index (χ0) is 76.5. The summed E-state index contributed by atoms with van der Waals surface area (Å²) in [7, 11) is -9.93. The maximum Gasteiger partial charge on any atom is 0.472 e. The van der Waals surface area contributed by atoms with Crippen molar-refractivity contribution in [2.24, 2.45) is 17.8 Å². The van der Waals surface area contributed by atoms with E-state index in [1.54, 1.807) is 0 Å². The summed E-state index contributed by atoms with van der Waals surface area (Å²) in [5.74, 6) is 0.203. The van der Waals surface area contributed by atoms with Crippen LogP contribution in [0.2, 0.25) is 0 Å². The number of unbranched alkanes of at least 4 members (excludes halogenated alkanes) is 51. The lowest BCUT2D eigenvalue weighted by molar-refractivity contribution is -0.161. The first-order valence-corrected chi connectivity index (χ1v) is 46.8. The Morgan fingerprint density at radius 2 is 0.442 bits per heavy atom. The molecule has 0 amide bonds. The van der Waals surface area contributed by atoms with Gasteiger partial charge in [0.05, 0.1) is 26.4 Å². The molecule has 0 spiro atoms. The number of carbonyl (C=O) groups excluding carboxylic acids is 4. The highest BCUT2D eigenvalue weighted by atomic mass is 31.2. The van der Waals surface area contributed by atoms with E-state index in [1.807, 2.05) is 0 Å². The van der Waals surface area contributed by atoms with E-state index < -0.39 is 97.5 Å². The van der Waals surface area contributed by atoms with E-state index in [4.69, 9.17) is 37.0 Å². The van der Waals surface area contributed by atoms with Crippen LogP contribution >= 0.6 is 15.6 Å². The summed E-state index contributed by atoms with van der Waals surface area (Å²) in [6.45, 7) is 12.0. The van der Waals surface area contributed by atoms with E-state index >= 15 is 0 Å². The monoisotopic (exact) mass is 1520 g/mol. The van der Waals surface area contributed by atoms with Gasteiger partial charge >= 0.3 is 39.5 Å². The van der Waals surface area contributed by atoms with Crippen LogP contribution in [0.3, 0.4) is 0 Å². The van der Waals surface area contributed by atoms with Crippen LogP contribution in [0.25, 0.3) is 0 Å². The second-order valence-corrected chi connectivity index (χ2v) is 34.9. The van der Waals surface area contributed by atoms with Gasteiger partial charge in [-0.3, -0.25) is 37.3 Å². The van der Waals surface area contributed by atoms with Gasteiger partial charge in [-0.1, -0.05) is 395 Å². The fraction of sp³-hybridized carbons (Fsp3) is 0.953. The van der Waals surface area contributed by atoms with E-state index in [9.17, 15) is 43.2 Å². The second kappa shape index (κ2) is 75.1. The predicted molar refractivity (Wildman–Crippen MR) is 428 cm³/mol. The first-order valence-electron chi connectivity index (χ1n) is 43.8. The van der Waals surface area contributed by atoms with E-state index in [-0.39, 0.29) is 25.7 Å². The average molecular weight is 1520 g/mol. The van der Waals surface area contributed by atoms with Crippen molar-refractivity contribution < 1.29 is 80.2 Å². The minimum atomic E-state index is -4.97. The molecule has 0 aliphatic carbocycles. The quantitative estimate of drug-likeness (QED) is 0.0222. The maximum atomic E-state index is 13.1. The molecule has 0 bridgehead atoms. The molecule has 0 rings (SSSR count). The number of carbonyl (C=O) groups is 4. The zero-order valence-corrected chi connectivity index (χ0v) is 70.3. The van der Waals surface area contributed by atoms with Crippen LogP contribution in [0.15, 0.2) is 0 Å². The smallest absolute Gasteiger partial charge is 0.462 e. The van der Waals surface area contributed by atoms with Crippen LogP contribution in [0.5, 0.6) is 0 Å². The van der Waals surface area contributed by atoms with Gasteiger partial charge in [-0.2, -0.15) is 0 Å². The molecule has 3 N–H and O–H groups in total. The summed E-state index contributed by atoms with van der Waals surface area (Å²) in [4.78, 5) is 73.2. The Balaban J connectivity index is 5.24. The minimum Gasteiger partial charge on any atom is -0.462 e. The molecule has 5 atom stereocenters. The summed E-state index contributed by atoms with van der Waals surface area (Å²) in [6, 6.07) is 0. The minimum absolute atomic E-state index is 0.107. The van der Waals surface area contributed by atoms with Crippen LogP contribution < -0.4 is 0 Å². The second-order valence-electron chi connectivity index (χ2n) is 32.0. The van der Waals surface area contributed by atoms with Crippen molar-refractivity contribution in [1.82, 2.24) is 0 Å². The lowest BCUT2D eigenvalue weighted by Gasteiger charge is -2.21. The van der Waals surface area contributed by atoms with Crippen molar-refractivity contribution >= 4 is 39.5 Å². The van der Waals surface area contributed by atoms with Crippen LogP contribution in [0.4, 0.5) is 0 Å². The average Bonchev–Trinajstić information content (AvgIpc) is 0.909. The molecule has 104 heavy (non-hydrogen) atoms. The number of aliphatic hydroxyl groups excluding tert-OH is 1. The summed E-state index contributed by atoms with van der Waals surface area (Å²) < 4.78 is 68.9. The van der Waals surface area contributed by atoms with Gasteiger partial charge in [-0.15, -0.1) is 0 Å². The van der Waals surface area contributed by atoms with Gasteiger partial charge < -0.3 is 33.8 Å². The van der Waals surface area contributed by atoms with Gasteiger partial charge in [0, 0.05) is 25.7 Å². The molecule has 0 saturated carbocycles. The van der Waals surface area contributed by atoms with Gasteiger partial charge in [-0.25, -0.2) is 9.13 Å². The fourth-order valence-corrected chi connectivity index (χ4v) is 14.8. The third-order valence-corrected chi connectivity index (χ3v) is 21.8. The summed E-state index contributed by atoms with van der Waals surface area (Å²) in [5, 5.41) is 10.7. The van der Waals surface area contributed by atoms with E-state index in [1.165, 1.54) is 250 Å². The number of hydrogen-bond donors (Lipinski definition) is 3. The van der Waals surface area contributed by atoms with Crippen LogP contribution in [-0.2, 0) is 65.4 Å². The molecule has 0 radical (unpaired) electrons. The van der Waals surface area contributed by atoms with E-state index in [0.717, 1.165) is 108 Å². The van der Waals surface area contributed by atoms with Crippen molar-refractivity contribution in [3.05, 3.63) is 0 Å². The first kappa shape index (κ1) is 102. The van der Waals surface area contributed by atoms with Gasteiger partial charge in [0.1, 0.15) is 19.3 Å². The molecular formula is C85H166O17P2. The van der Waals surface area contributed by atoms with Gasteiger partial charge in [-0.05, 0) is 43.4 Å². The van der Waals surface area contributed by atoms with Gasteiger partial charge in [0.15, 0.2) is 12.2 Å². The molecule has 19 heteroatoms. The van der Waals surface area contributed by atoms with Gasteiger partial charge in [0.2, 0.25) is 0 Å². The Labute approximate surface area is 638 Å². The third-order valence-electron chi connectivity index (χ3n) is 19.9. The molecule has 0 aromatic carbocycles. The summed E-state index contributed by atoms with van der Waals surface area (Å²) in [5.41, 5.74) is 0. The number of rotatable bonds is 83. The molecule has 0 aliphatic heterocycles. The highest BCUT2D eigenvalue weighted by Gasteiger charge is 2.30. The number of aliphatic hydroxyl groups is 1. The van der Waals surface area contributed by atoms with Crippen molar-refractivity contribution in [3.63, 3.8) is 0 Å². The number of hydrogen-bond acceptors (Lipinski definition) is 15. The maximum absolute atomic E-state index is 13.1. The molecule has 0 aliphatic rings. The largest absolute Gasteiger partial charge is 0.472 e. The molecular weight excluding hydrogens is 1350 g/mol. The lowest BCUT2D eigenvalue weighted by Crippen LogP contribution is -2.30. The fourth-order valence-electron chi connectivity index (χ4n) is 13.2. The molecule has 0 aromatic heterocycles. The Morgan fingerprint density at radius 3 is 0.654 bits per heavy atom. The molecule has 618 valence electrons. The molecule has 0 saturated heterocycles. The van der Waals surface area contributed by atoms with E-state index in [2.05, 4.69) is 48.5 Å². The SMILES string of the molecule is CCCCCCCCCCCCCCCCCCCCC(=O)OC[C@H](COP(=O)(O)OC[C@@H](O)COP(=O)(O)OC[C@@H](COC(=O)CCCCCCCCCC(C)C)OC(=O)CCCCCCCCCCCCCCCCC(C)C)OC(=O)CCCCCCCCCCCCCCCCCCC(C)C. The lowest BCUT2D eigenvalue weighted by atomic mass is 10.0. The van der Waals surface area contributed by atoms with Crippen LogP contribution in [0.1, 0.15) is 447 Å². The van der Waals surface area contributed by atoms with Crippen molar-refractivity contribution in [3.8, 4) is 0 Å². The zero-order valence-electron chi connectivity index (χ0n) is 68.5. The van der Waals surface area contributed by atoms with Crippen LogP contribution in [0, 0.1) is 17.8 Å². The van der Waals surface area contributed by atoms with Gasteiger partial charge in [0.25, 0.3) is 0 Å². The Bertz CT molecular complexity index is 2010. The molecule has 0 heterocycles. The summed E-state index contributed by atoms with van der Waals surface area (Å²) >= 11 is 0. The number of ether oxygens (including phenoxy) is 4. The third kappa shape index (κ3) is 78.2. The first-order chi connectivity index (χ1) is 50.2. The molecule has 0 aromatic rings. The summed E-state index contributed by atoms with van der Waals surface area (Å²) in [6.07, 6.45) is 65.3.